The maximum atomic E-state index is 13.0. The standard InChI is InChI=1S/C17H9BrClNO2/c18-12-6-4-9-5-7-13-16(21)14(9)15(12)17(22)20(13)11-3-1-2-10(19)8-11/h1-8,13H. The van der Waals surface area contributed by atoms with E-state index in [1.807, 2.05) is 12.1 Å². The summed E-state index contributed by atoms with van der Waals surface area (Å²) >= 11 is 9.43. The number of Topliss-reactive ketones (excluding diaryl/α,β-unsaturated/α-hetero) is 1. The molecule has 0 aromatic heterocycles. The molecule has 0 saturated carbocycles. The number of carbonyl (C=O) groups is 2. The number of amides is 1. The van der Waals surface area contributed by atoms with Gasteiger partial charge in [-0.3, -0.25) is 14.5 Å². The van der Waals surface area contributed by atoms with E-state index in [0.717, 1.165) is 5.56 Å². The van der Waals surface area contributed by atoms with Crippen molar-refractivity contribution in [2.45, 2.75) is 6.04 Å². The lowest BCUT2D eigenvalue weighted by Crippen LogP contribution is -2.50. The third-order valence-corrected chi connectivity index (χ3v) is 4.85. The molecule has 1 aliphatic heterocycles. The molecule has 22 heavy (non-hydrogen) atoms. The van der Waals surface area contributed by atoms with Crippen molar-refractivity contribution in [3.8, 4) is 0 Å². The molecule has 4 rings (SSSR count). The molecular weight excluding hydrogens is 366 g/mol. The Morgan fingerprint density at radius 3 is 2.68 bits per heavy atom. The summed E-state index contributed by atoms with van der Waals surface area (Å²) in [4.78, 5) is 27.2. The summed E-state index contributed by atoms with van der Waals surface area (Å²) in [6.07, 6.45) is 3.65. The Morgan fingerprint density at radius 2 is 1.91 bits per heavy atom. The number of rotatable bonds is 1. The molecule has 0 spiro atoms. The van der Waals surface area contributed by atoms with Crippen LogP contribution in [0.25, 0.3) is 6.08 Å². The number of hydrogen-bond donors (Lipinski definition) is 0. The molecule has 1 heterocycles. The highest BCUT2D eigenvalue weighted by molar-refractivity contribution is 9.10. The maximum Gasteiger partial charge on any atom is 0.261 e. The van der Waals surface area contributed by atoms with Gasteiger partial charge in [-0.2, -0.15) is 0 Å². The fourth-order valence-electron chi connectivity index (χ4n) is 2.99. The van der Waals surface area contributed by atoms with Crippen molar-refractivity contribution in [1.29, 1.82) is 0 Å². The van der Waals surface area contributed by atoms with Crippen molar-refractivity contribution in [3.05, 3.63) is 68.7 Å². The molecule has 1 aliphatic carbocycles. The molecule has 1 atom stereocenters. The molecule has 1 unspecified atom stereocenters. The van der Waals surface area contributed by atoms with Crippen LogP contribution in [0.5, 0.6) is 0 Å². The largest absolute Gasteiger partial charge is 0.294 e. The second kappa shape index (κ2) is 4.80. The zero-order valence-corrected chi connectivity index (χ0v) is 13.6. The molecule has 2 bridgehead atoms. The van der Waals surface area contributed by atoms with Crippen molar-refractivity contribution in [2.75, 3.05) is 4.90 Å². The van der Waals surface area contributed by atoms with E-state index >= 15 is 0 Å². The van der Waals surface area contributed by atoms with Crippen LogP contribution in [0.1, 0.15) is 26.3 Å². The van der Waals surface area contributed by atoms with E-state index in [4.69, 9.17) is 11.6 Å². The van der Waals surface area contributed by atoms with E-state index in [9.17, 15) is 9.59 Å². The first-order valence-corrected chi connectivity index (χ1v) is 7.89. The van der Waals surface area contributed by atoms with Gasteiger partial charge in [0.15, 0.2) is 5.78 Å². The molecule has 0 radical (unpaired) electrons. The number of ketones is 1. The zero-order valence-electron chi connectivity index (χ0n) is 11.2. The third-order valence-electron chi connectivity index (χ3n) is 3.96. The summed E-state index contributed by atoms with van der Waals surface area (Å²) in [6, 6.07) is 10.0. The molecule has 1 amide bonds. The maximum absolute atomic E-state index is 13.0. The summed E-state index contributed by atoms with van der Waals surface area (Å²) in [5.74, 6) is -0.256. The molecular formula is C17H9BrClNO2. The summed E-state index contributed by atoms with van der Waals surface area (Å²) in [6.45, 7) is 0. The minimum atomic E-state index is -0.611. The second-order valence-corrected chi connectivity index (χ2v) is 6.50. The van der Waals surface area contributed by atoms with Gasteiger partial charge >= 0.3 is 0 Å². The number of fused-ring (bicyclic) bond motifs is 1. The van der Waals surface area contributed by atoms with Gasteiger partial charge in [0.1, 0.15) is 6.04 Å². The van der Waals surface area contributed by atoms with Gasteiger partial charge < -0.3 is 0 Å². The minimum absolute atomic E-state index is 0.0617. The first-order valence-electron chi connectivity index (χ1n) is 6.72. The predicted molar refractivity (Wildman–Crippen MR) is 89.6 cm³/mol. The summed E-state index contributed by atoms with van der Waals surface area (Å²) in [5, 5.41) is 0.524. The normalized spacial score (nSPS) is 18.8. The van der Waals surface area contributed by atoms with Gasteiger partial charge in [0.25, 0.3) is 5.91 Å². The Morgan fingerprint density at radius 1 is 1.09 bits per heavy atom. The second-order valence-electron chi connectivity index (χ2n) is 5.21. The van der Waals surface area contributed by atoms with Crippen molar-refractivity contribution in [1.82, 2.24) is 0 Å². The highest BCUT2D eigenvalue weighted by Gasteiger charge is 2.42. The van der Waals surface area contributed by atoms with Crippen LogP contribution in [-0.4, -0.2) is 17.7 Å². The lowest BCUT2D eigenvalue weighted by atomic mass is 9.84. The first kappa shape index (κ1) is 13.7. The van der Waals surface area contributed by atoms with E-state index in [-0.39, 0.29) is 11.7 Å². The van der Waals surface area contributed by atoms with Gasteiger partial charge in [0.05, 0.1) is 5.56 Å². The molecule has 2 aromatic rings. The minimum Gasteiger partial charge on any atom is -0.294 e. The van der Waals surface area contributed by atoms with Crippen LogP contribution in [0, 0.1) is 0 Å². The van der Waals surface area contributed by atoms with Gasteiger partial charge in [0, 0.05) is 20.7 Å². The fourth-order valence-corrected chi connectivity index (χ4v) is 3.68. The van der Waals surface area contributed by atoms with Crippen LogP contribution in [-0.2, 0) is 0 Å². The van der Waals surface area contributed by atoms with Crippen LogP contribution in [0.4, 0.5) is 5.69 Å². The molecule has 0 N–H and O–H groups in total. The summed E-state index contributed by atoms with van der Waals surface area (Å²) in [5.41, 5.74) is 2.33. The Balaban J connectivity index is 1.99. The molecule has 108 valence electrons. The first-order chi connectivity index (χ1) is 10.6. The quantitative estimate of drug-likeness (QED) is 0.744. The average Bonchev–Trinajstić information content (AvgIpc) is 2.49. The number of carbonyl (C=O) groups excluding carboxylic acids is 2. The number of halogens is 2. The predicted octanol–water partition coefficient (Wildman–Crippen LogP) is 4.34. The van der Waals surface area contributed by atoms with E-state index in [2.05, 4.69) is 15.9 Å². The Bertz CT molecular complexity index is 875. The lowest BCUT2D eigenvalue weighted by Gasteiger charge is -2.37. The van der Waals surface area contributed by atoms with Crippen LogP contribution in [0.15, 0.2) is 46.9 Å². The van der Waals surface area contributed by atoms with E-state index in [1.54, 1.807) is 36.4 Å². The average molecular weight is 375 g/mol. The summed E-state index contributed by atoms with van der Waals surface area (Å²) < 4.78 is 0.630. The molecule has 0 saturated heterocycles. The van der Waals surface area contributed by atoms with Crippen LogP contribution in [0.2, 0.25) is 5.02 Å². The smallest absolute Gasteiger partial charge is 0.261 e. The molecule has 2 aliphatic rings. The van der Waals surface area contributed by atoms with Crippen LogP contribution in [0.3, 0.4) is 0 Å². The monoisotopic (exact) mass is 373 g/mol. The van der Waals surface area contributed by atoms with Gasteiger partial charge in [0.2, 0.25) is 0 Å². The van der Waals surface area contributed by atoms with Crippen molar-refractivity contribution >= 4 is 51.0 Å². The SMILES string of the molecule is O=C1c2c3ccc(Br)c2C(=O)N(c2cccc(Cl)c2)C1C=C3. The topological polar surface area (TPSA) is 37.4 Å². The highest BCUT2D eigenvalue weighted by Crippen LogP contribution is 2.38. The number of benzene rings is 2. The Hall–Kier alpha value is -1.91. The fraction of sp³-hybridized carbons (Fsp3) is 0.0588. The Kier molecular flexibility index (Phi) is 2.99. The zero-order chi connectivity index (χ0) is 15.4. The third kappa shape index (κ3) is 1.81. The Labute approximate surface area is 140 Å². The molecule has 2 aromatic carbocycles. The van der Waals surface area contributed by atoms with Gasteiger partial charge in [-0.05, 0) is 45.8 Å². The van der Waals surface area contributed by atoms with Gasteiger partial charge in [-0.25, -0.2) is 0 Å². The van der Waals surface area contributed by atoms with E-state index in [1.165, 1.54) is 4.90 Å². The highest BCUT2D eigenvalue weighted by atomic mass is 79.9. The molecule has 0 fully saturated rings. The van der Waals surface area contributed by atoms with E-state index < -0.39 is 6.04 Å². The number of hydrogen-bond acceptors (Lipinski definition) is 2. The molecule has 5 heteroatoms. The molecule has 3 nitrogen and oxygen atoms in total. The number of anilines is 1. The number of nitrogens with zero attached hydrogens (tertiary/aromatic N) is 1. The van der Waals surface area contributed by atoms with Crippen molar-refractivity contribution in [2.24, 2.45) is 0 Å². The van der Waals surface area contributed by atoms with Gasteiger partial charge in [-0.1, -0.05) is 35.9 Å². The van der Waals surface area contributed by atoms with Gasteiger partial charge in [-0.15, -0.1) is 0 Å². The van der Waals surface area contributed by atoms with E-state index in [0.29, 0.717) is 26.3 Å². The summed E-state index contributed by atoms with van der Waals surface area (Å²) in [7, 11) is 0. The van der Waals surface area contributed by atoms with Crippen molar-refractivity contribution < 1.29 is 9.59 Å². The van der Waals surface area contributed by atoms with Crippen LogP contribution >= 0.6 is 27.5 Å². The van der Waals surface area contributed by atoms with Crippen LogP contribution < -0.4 is 4.90 Å². The van der Waals surface area contributed by atoms with Crippen molar-refractivity contribution in [3.63, 3.8) is 0 Å². The lowest BCUT2D eigenvalue weighted by molar-refractivity contribution is 0.0884.